The van der Waals surface area contributed by atoms with Gasteiger partial charge in [-0.1, -0.05) is 30.3 Å². The van der Waals surface area contributed by atoms with Gasteiger partial charge in [0.05, 0.1) is 6.42 Å². The SMILES string of the molecule is CN1C(=O)[C@H](Cc2ccccc2)NC(=O)[C@@H]1CC(=O)O. The summed E-state index contributed by atoms with van der Waals surface area (Å²) in [6, 6.07) is 7.78. The monoisotopic (exact) mass is 276 g/mol. The van der Waals surface area contributed by atoms with Crippen LogP contribution in [0, 0.1) is 0 Å². The Kier molecular flexibility index (Phi) is 4.02. The van der Waals surface area contributed by atoms with Gasteiger partial charge in [-0.15, -0.1) is 0 Å². The quantitative estimate of drug-likeness (QED) is 0.812. The second-order valence-electron chi connectivity index (χ2n) is 4.81. The molecule has 2 amide bonds. The normalized spacial score (nSPS) is 22.6. The largest absolute Gasteiger partial charge is 0.481 e. The second kappa shape index (κ2) is 5.73. The molecule has 0 bridgehead atoms. The number of hydrogen-bond donors (Lipinski definition) is 2. The van der Waals surface area contributed by atoms with Crippen LogP contribution in [0.2, 0.25) is 0 Å². The molecular weight excluding hydrogens is 260 g/mol. The molecule has 1 aromatic carbocycles. The van der Waals surface area contributed by atoms with Crippen molar-refractivity contribution in [2.45, 2.75) is 24.9 Å². The van der Waals surface area contributed by atoms with Crippen molar-refractivity contribution in [3.63, 3.8) is 0 Å². The summed E-state index contributed by atoms with van der Waals surface area (Å²) in [4.78, 5) is 36.0. The number of hydrogen-bond acceptors (Lipinski definition) is 3. The molecule has 106 valence electrons. The van der Waals surface area contributed by atoms with Gasteiger partial charge < -0.3 is 15.3 Å². The smallest absolute Gasteiger partial charge is 0.305 e. The van der Waals surface area contributed by atoms with Gasteiger partial charge in [0.15, 0.2) is 0 Å². The Labute approximate surface area is 116 Å². The van der Waals surface area contributed by atoms with Crippen LogP contribution in [0.15, 0.2) is 30.3 Å². The standard InChI is InChI=1S/C14H16N2O4/c1-16-11(8-12(17)18)13(19)15-10(14(16)20)7-9-5-3-2-4-6-9/h2-6,10-11H,7-8H2,1H3,(H,15,19)(H,17,18)/t10-,11-/m0/s1. The molecule has 0 unspecified atom stereocenters. The van der Waals surface area contributed by atoms with Crippen LogP contribution in [0.3, 0.4) is 0 Å². The maximum atomic E-state index is 12.2. The number of nitrogens with zero attached hydrogens (tertiary/aromatic N) is 1. The highest BCUT2D eigenvalue weighted by Gasteiger charge is 2.39. The molecule has 2 atom stereocenters. The van der Waals surface area contributed by atoms with E-state index >= 15 is 0 Å². The zero-order valence-corrected chi connectivity index (χ0v) is 11.1. The van der Waals surface area contributed by atoms with E-state index in [9.17, 15) is 14.4 Å². The Balaban J connectivity index is 2.10. The molecule has 0 aromatic heterocycles. The average Bonchev–Trinajstić information content (AvgIpc) is 2.42. The third-order valence-electron chi connectivity index (χ3n) is 3.38. The van der Waals surface area contributed by atoms with E-state index in [1.54, 1.807) is 0 Å². The van der Waals surface area contributed by atoms with Gasteiger partial charge in [-0.2, -0.15) is 0 Å². The third-order valence-corrected chi connectivity index (χ3v) is 3.38. The predicted molar refractivity (Wildman–Crippen MR) is 70.9 cm³/mol. The van der Waals surface area contributed by atoms with Crippen molar-refractivity contribution >= 4 is 17.8 Å². The highest BCUT2D eigenvalue weighted by molar-refractivity contribution is 5.98. The van der Waals surface area contributed by atoms with Crippen LogP contribution in [0.4, 0.5) is 0 Å². The van der Waals surface area contributed by atoms with Crippen molar-refractivity contribution in [2.24, 2.45) is 0 Å². The highest BCUT2D eigenvalue weighted by atomic mass is 16.4. The van der Waals surface area contributed by atoms with Gasteiger partial charge in [0, 0.05) is 13.5 Å². The summed E-state index contributed by atoms with van der Waals surface area (Å²) in [6.45, 7) is 0. The molecule has 0 aliphatic carbocycles. The molecule has 6 nitrogen and oxygen atoms in total. The first-order chi connectivity index (χ1) is 9.49. The van der Waals surface area contributed by atoms with Crippen LogP contribution in [0.25, 0.3) is 0 Å². The lowest BCUT2D eigenvalue weighted by molar-refractivity contribution is -0.151. The fourth-order valence-electron chi connectivity index (χ4n) is 2.29. The van der Waals surface area contributed by atoms with Gasteiger partial charge in [0.1, 0.15) is 12.1 Å². The Bertz CT molecular complexity index is 529. The number of amides is 2. The summed E-state index contributed by atoms with van der Waals surface area (Å²) in [5, 5.41) is 11.4. The fourth-order valence-corrected chi connectivity index (χ4v) is 2.29. The Morgan fingerprint density at radius 1 is 1.30 bits per heavy atom. The van der Waals surface area contributed by atoms with Crippen LogP contribution in [0.1, 0.15) is 12.0 Å². The van der Waals surface area contributed by atoms with E-state index in [2.05, 4.69) is 5.32 Å². The number of piperazine rings is 1. The van der Waals surface area contributed by atoms with Crippen molar-refractivity contribution < 1.29 is 19.5 Å². The average molecular weight is 276 g/mol. The lowest BCUT2D eigenvalue weighted by Crippen LogP contribution is -2.63. The van der Waals surface area contributed by atoms with E-state index in [-0.39, 0.29) is 12.3 Å². The van der Waals surface area contributed by atoms with Crippen molar-refractivity contribution in [1.82, 2.24) is 10.2 Å². The van der Waals surface area contributed by atoms with Crippen molar-refractivity contribution in [1.29, 1.82) is 0 Å². The number of likely N-dealkylation sites (N-methyl/N-ethyl adjacent to an activating group) is 1. The topological polar surface area (TPSA) is 86.7 Å². The molecule has 0 radical (unpaired) electrons. The minimum atomic E-state index is -1.11. The van der Waals surface area contributed by atoms with Crippen LogP contribution in [-0.2, 0) is 20.8 Å². The fraction of sp³-hybridized carbons (Fsp3) is 0.357. The number of benzene rings is 1. The first-order valence-electron chi connectivity index (χ1n) is 6.32. The number of nitrogens with one attached hydrogen (secondary N) is 1. The summed E-state index contributed by atoms with van der Waals surface area (Å²) in [7, 11) is 1.46. The van der Waals surface area contributed by atoms with Gasteiger partial charge in [-0.3, -0.25) is 14.4 Å². The molecule has 0 spiro atoms. The lowest BCUT2D eigenvalue weighted by atomic mass is 9.99. The zero-order chi connectivity index (χ0) is 14.7. The maximum absolute atomic E-state index is 12.2. The number of carbonyl (C=O) groups excluding carboxylic acids is 2. The summed E-state index contributed by atoms with van der Waals surface area (Å²) >= 11 is 0. The number of carbonyl (C=O) groups is 3. The minimum absolute atomic E-state index is 0.264. The zero-order valence-electron chi connectivity index (χ0n) is 11.1. The van der Waals surface area contributed by atoms with Gasteiger partial charge >= 0.3 is 5.97 Å². The van der Waals surface area contributed by atoms with Gasteiger partial charge in [-0.25, -0.2) is 0 Å². The maximum Gasteiger partial charge on any atom is 0.305 e. The Hall–Kier alpha value is -2.37. The van der Waals surface area contributed by atoms with E-state index in [1.807, 2.05) is 30.3 Å². The molecule has 1 fully saturated rings. The van der Waals surface area contributed by atoms with Crippen LogP contribution in [-0.4, -0.2) is 46.9 Å². The minimum Gasteiger partial charge on any atom is -0.481 e. The van der Waals surface area contributed by atoms with Gasteiger partial charge in [0.25, 0.3) is 0 Å². The molecular formula is C14H16N2O4. The molecule has 6 heteroatoms. The van der Waals surface area contributed by atoms with Crippen LogP contribution in [0.5, 0.6) is 0 Å². The molecule has 0 saturated carbocycles. The molecule has 2 rings (SSSR count). The number of rotatable bonds is 4. The lowest BCUT2D eigenvalue weighted by Gasteiger charge is -2.36. The highest BCUT2D eigenvalue weighted by Crippen LogP contribution is 2.14. The molecule has 20 heavy (non-hydrogen) atoms. The summed E-state index contributed by atoms with van der Waals surface area (Å²) in [5.41, 5.74) is 0.941. The van der Waals surface area contributed by atoms with E-state index in [1.165, 1.54) is 11.9 Å². The number of carboxylic acid groups (broad SMARTS) is 1. The van der Waals surface area contributed by atoms with Gasteiger partial charge in [-0.05, 0) is 5.56 Å². The Morgan fingerprint density at radius 3 is 2.55 bits per heavy atom. The van der Waals surface area contributed by atoms with Crippen LogP contribution >= 0.6 is 0 Å². The van der Waals surface area contributed by atoms with E-state index in [0.717, 1.165) is 5.56 Å². The van der Waals surface area contributed by atoms with Crippen LogP contribution < -0.4 is 5.32 Å². The molecule has 1 aliphatic rings. The summed E-state index contributed by atoms with van der Waals surface area (Å²) in [5.74, 6) is -1.79. The van der Waals surface area contributed by atoms with Crippen molar-refractivity contribution in [3.05, 3.63) is 35.9 Å². The molecule has 1 aliphatic heterocycles. The first kappa shape index (κ1) is 14.0. The van der Waals surface area contributed by atoms with Crippen molar-refractivity contribution in [3.8, 4) is 0 Å². The number of carboxylic acids is 1. The third kappa shape index (κ3) is 2.96. The summed E-state index contributed by atoms with van der Waals surface area (Å²) in [6.07, 6.45) is 0.0156. The number of aliphatic carboxylic acids is 1. The van der Waals surface area contributed by atoms with E-state index in [0.29, 0.717) is 6.42 Å². The first-order valence-corrected chi connectivity index (χ1v) is 6.32. The molecule has 1 saturated heterocycles. The summed E-state index contributed by atoms with van der Waals surface area (Å²) < 4.78 is 0. The molecule has 1 aromatic rings. The molecule has 2 N–H and O–H groups in total. The van der Waals surface area contributed by atoms with Crippen molar-refractivity contribution in [2.75, 3.05) is 7.05 Å². The molecule has 1 heterocycles. The second-order valence-corrected chi connectivity index (χ2v) is 4.81. The Morgan fingerprint density at radius 2 is 1.95 bits per heavy atom. The predicted octanol–water partition coefficient (Wildman–Crippen LogP) is 0.0292. The van der Waals surface area contributed by atoms with Gasteiger partial charge in [0.2, 0.25) is 11.8 Å². The van der Waals surface area contributed by atoms with E-state index < -0.39 is 24.0 Å². The van der Waals surface area contributed by atoms with E-state index in [4.69, 9.17) is 5.11 Å².